The molecule has 20 heavy (non-hydrogen) atoms. The molecule has 108 valence electrons. The molecule has 2 aromatic rings. The molecule has 0 aromatic carbocycles. The Labute approximate surface area is 121 Å². The van der Waals surface area contributed by atoms with Crippen LogP contribution in [0.1, 0.15) is 29.1 Å². The molecule has 2 heterocycles. The summed E-state index contributed by atoms with van der Waals surface area (Å²) in [5.41, 5.74) is 6.74. The van der Waals surface area contributed by atoms with E-state index < -0.39 is 0 Å². The van der Waals surface area contributed by atoms with Gasteiger partial charge in [-0.15, -0.1) is 0 Å². The van der Waals surface area contributed by atoms with Gasteiger partial charge in [-0.05, 0) is 19.9 Å². The monoisotopic (exact) mass is 294 g/mol. The number of amides is 1. The van der Waals surface area contributed by atoms with Gasteiger partial charge in [-0.25, -0.2) is 4.98 Å². The fourth-order valence-electron chi connectivity index (χ4n) is 1.77. The van der Waals surface area contributed by atoms with Gasteiger partial charge in [-0.1, -0.05) is 11.3 Å². The molecule has 0 saturated carbocycles. The molecule has 7 heteroatoms. The maximum atomic E-state index is 12.1. The summed E-state index contributed by atoms with van der Waals surface area (Å²) in [7, 11) is 0. The lowest BCUT2D eigenvalue weighted by Crippen LogP contribution is -2.22. The highest BCUT2D eigenvalue weighted by Gasteiger charge is 2.18. The van der Waals surface area contributed by atoms with E-state index in [-0.39, 0.29) is 11.7 Å². The predicted molar refractivity (Wildman–Crippen MR) is 80.0 cm³/mol. The zero-order valence-corrected chi connectivity index (χ0v) is 12.4. The van der Waals surface area contributed by atoms with Crippen LogP contribution >= 0.6 is 11.3 Å². The van der Waals surface area contributed by atoms with Crippen molar-refractivity contribution in [2.24, 2.45) is 0 Å². The SMILES string of the molecule is CCN(CC)c1nc(N)c(C(=O)NCc2ccoc2)s1. The molecule has 0 saturated heterocycles. The molecule has 0 aliphatic heterocycles. The standard InChI is InChI=1S/C13H18N4O2S/c1-3-17(4-2)13-16-11(14)10(20-13)12(18)15-7-9-5-6-19-8-9/h5-6,8H,3-4,7,14H2,1-2H3,(H,15,18). The van der Waals surface area contributed by atoms with Crippen molar-refractivity contribution < 1.29 is 9.21 Å². The van der Waals surface area contributed by atoms with Gasteiger partial charge in [0.25, 0.3) is 5.91 Å². The van der Waals surface area contributed by atoms with Crippen LogP contribution in [0.25, 0.3) is 0 Å². The number of nitrogens with one attached hydrogen (secondary N) is 1. The molecule has 0 spiro atoms. The molecule has 2 rings (SSSR count). The van der Waals surface area contributed by atoms with Crippen LogP contribution in [-0.2, 0) is 6.54 Å². The van der Waals surface area contributed by atoms with E-state index in [0.29, 0.717) is 11.4 Å². The highest BCUT2D eigenvalue weighted by atomic mass is 32.1. The Morgan fingerprint density at radius 3 is 2.85 bits per heavy atom. The molecule has 0 unspecified atom stereocenters. The first-order valence-corrected chi connectivity index (χ1v) is 7.27. The number of hydrogen-bond acceptors (Lipinski definition) is 6. The molecule has 3 N–H and O–H groups in total. The van der Waals surface area contributed by atoms with Gasteiger partial charge in [0, 0.05) is 25.2 Å². The Balaban J connectivity index is 2.06. The minimum atomic E-state index is -0.209. The largest absolute Gasteiger partial charge is 0.472 e. The van der Waals surface area contributed by atoms with E-state index in [2.05, 4.69) is 15.2 Å². The fraction of sp³-hybridized carbons (Fsp3) is 0.385. The number of nitrogens with zero attached hydrogens (tertiary/aromatic N) is 2. The van der Waals surface area contributed by atoms with Crippen LogP contribution in [0.5, 0.6) is 0 Å². The van der Waals surface area contributed by atoms with Crippen LogP contribution < -0.4 is 16.0 Å². The molecule has 6 nitrogen and oxygen atoms in total. The predicted octanol–water partition coefficient (Wildman–Crippen LogP) is 2.09. The lowest BCUT2D eigenvalue weighted by atomic mass is 10.3. The van der Waals surface area contributed by atoms with Crippen LogP contribution in [0.3, 0.4) is 0 Å². The number of carbonyl (C=O) groups is 1. The van der Waals surface area contributed by atoms with Gasteiger partial charge >= 0.3 is 0 Å². The van der Waals surface area contributed by atoms with Crippen molar-refractivity contribution >= 4 is 28.2 Å². The number of hydrogen-bond donors (Lipinski definition) is 2. The lowest BCUT2D eigenvalue weighted by molar-refractivity contribution is 0.0955. The van der Waals surface area contributed by atoms with Gasteiger partial charge in [0.05, 0.1) is 12.5 Å². The maximum absolute atomic E-state index is 12.1. The smallest absolute Gasteiger partial charge is 0.265 e. The minimum Gasteiger partial charge on any atom is -0.472 e. The van der Waals surface area contributed by atoms with Crippen LogP contribution in [0.15, 0.2) is 23.0 Å². The van der Waals surface area contributed by atoms with Crippen molar-refractivity contribution in [3.63, 3.8) is 0 Å². The number of carbonyl (C=O) groups excluding carboxylic acids is 1. The third kappa shape index (κ3) is 3.11. The number of anilines is 2. The number of furan rings is 1. The van der Waals surface area contributed by atoms with Crippen molar-refractivity contribution in [3.8, 4) is 0 Å². The molecular weight excluding hydrogens is 276 g/mol. The summed E-state index contributed by atoms with van der Waals surface area (Å²) >= 11 is 1.32. The highest BCUT2D eigenvalue weighted by molar-refractivity contribution is 7.18. The average molecular weight is 294 g/mol. The van der Waals surface area contributed by atoms with Crippen LogP contribution in [0, 0.1) is 0 Å². The molecule has 0 radical (unpaired) electrons. The molecule has 0 atom stereocenters. The molecule has 0 fully saturated rings. The fourth-order valence-corrected chi connectivity index (χ4v) is 2.80. The van der Waals surface area contributed by atoms with E-state index in [1.54, 1.807) is 18.6 Å². The second-order valence-electron chi connectivity index (χ2n) is 4.20. The summed E-state index contributed by atoms with van der Waals surface area (Å²) in [6, 6.07) is 1.80. The van der Waals surface area contributed by atoms with E-state index in [1.165, 1.54) is 11.3 Å². The number of nitrogen functional groups attached to an aromatic ring is 1. The van der Waals surface area contributed by atoms with Crippen molar-refractivity contribution in [3.05, 3.63) is 29.0 Å². The second kappa shape index (κ2) is 6.42. The Morgan fingerprint density at radius 2 is 2.25 bits per heavy atom. The van der Waals surface area contributed by atoms with E-state index in [4.69, 9.17) is 10.2 Å². The zero-order chi connectivity index (χ0) is 14.5. The van der Waals surface area contributed by atoms with E-state index >= 15 is 0 Å². The zero-order valence-electron chi connectivity index (χ0n) is 11.5. The summed E-state index contributed by atoms with van der Waals surface area (Å²) in [5, 5.41) is 3.58. The van der Waals surface area contributed by atoms with Crippen LogP contribution in [-0.4, -0.2) is 24.0 Å². The molecule has 1 amide bonds. The van der Waals surface area contributed by atoms with Gasteiger partial charge in [0.2, 0.25) is 0 Å². The van der Waals surface area contributed by atoms with E-state index in [0.717, 1.165) is 23.8 Å². The van der Waals surface area contributed by atoms with Gasteiger partial charge < -0.3 is 20.4 Å². The van der Waals surface area contributed by atoms with E-state index in [1.807, 2.05) is 13.8 Å². The first-order chi connectivity index (χ1) is 9.65. The third-order valence-electron chi connectivity index (χ3n) is 2.92. The topological polar surface area (TPSA) is 84.4 Å². The van der Waals surface area contributed by atoms with Gasteiger partial charge in [0.15, 0.2) is 5.13 Å². The van der Waals surface area contributed by atoms with Crippen molar-refractivity contribution in [2.75, 3.05) is 23.7 Å². The second-order valence-corrected chi connectivity index (χ2v) is 5.17. The highest BCUT2D eigenvalue weighted by Crippen LogP contribution is 2.27. The Hall–Kier alpha value is -2.02. The summed E-state index contributed by atoms with van der Waals surface area (Å²) in [6.07, 6.45) is 3.17. The lowest BCUT2D eigenvalue weighted by Gasteiger charge is -2.16. The normalized spacial score (nSPS) is 10.5. The summed E-state index contributed by atoms with van der Waals surface area (Å²) in [5.74, 6) is 0.0706. The Bertz CT molecular complexity index is 561. The van der Waals surface area contributed by atoms with Crippen molar-refractivity contribution in [1.29, 1.82) is 0 Å². The first-order valence-electron chi connectivity index (χ1n) is 6.46. The molecule has 0 aliphatic carbocycles. The number of aromatic nitrogens is 1. The minimum absolute atomic E-state index is 0.209. The molecule has 2 aromatic heterocycles. The number of thiazole rings is 1. The van der Waals surface area contributed by atoms with Crippen molar-refractivity contribution in [1.82, 2.24) is 10.3 Å². The Kier molecular flexibility index (Phi) is 4.62. The summed E-state index contributed by atoms with van der Waals surface area (Å²) in [6.45, 7) is 6.16. The summed E-state index contributed by atoms with van der Waals surface area (Å²) in [4.78, 5) is 18.9. The summed E-state index contributed by atoms with van der Waals surface area (Å²) < 4.78 is 4.95. The van der Waals surface area contributed by atoms with Gasteiger partial charge in [-0.3, -0.25) is 4.79 Å². The van der Waals surface area contributed by atoms with Crippen LogP contribution in [0.4, 0.5) is 10.9 Å². The number of nitrogens with two attached hydrogens (primary N) is 1. The molecular formula is C13H18N4O2S. The molecule has 0 bridgehead atoms. The van der Waals surface area contributed by atoms with Gasteiger partial charge in [0.1, 0.15) is 10.7 Å². The third-order valence-corrected chi connectivity index (χ3v) is 4.05. The Morgan fingerprint density at radius 1 is 1.50 bits per heavy atom. The maximum Gasteiger partial charge on any atom is 0.265 e. The van der Waals surface area contributed by atoms with Crippen molar-refractivity contribution in [2.45, 2.75) is 20.4 Å². The van der Waals surface area contributed by atoms with Crippen LogP contribution in [0.2, 0.25) is 0 Å². The quantitative estimate of drug-likeness (QED) is 0.852. The number of rotatable bonds is 6. The molecule has 0 aliphatic rings. The van der Waals surface area contributed by atoms with Gasteiger partial charge in [-0.2, -0.15) is 0 Å². The first kappa shape index (κ1) is 14.4. The average Bonchev–Trinajstić information content (AvgIpc) is 3.07. The van der Waals surface area contributed by atoms with E-state index in [9.17, 15) is 4.79 Å².